The van der Waals surface area contributed by atoms with Gasteiger partial charge in [-0.1, -0.05) is 353 Å². The summed E-state index contributed by atoms with van der Waals surface area (Å²) < 4.78 is 34.5. The molecule has 19 nitrogen and oxygen atoms in total. The first-order valence-corrected chi connectivity index (χ1v) is 41.9. The summed E-state index contributed by atoms with van der Waals surface area (Å²) in [5.41, 5.74) is 0. The zero-order valence-corrected chi connectivity index (χ0v) is 63.5. The summed E-state index contributed by atoms with van der Waals surface area (Å²) in [7, 11) is 0. The Morgan fingerprint density at radius 3 is 0.940 bits per heavy atom. The fourth-order valence-corrected chi connectivity index (χ4v) is 14.6. The molecule has 3 aliphatic heterocycles. The normalized spacial score (nSPS) is 26.4. The van der Waals surface area contributed by atoms with Crippen LogP contribution in [0, 0.1) is 0 Å². The molecule has 0 bridgehead atoms. The maximum absolute atomic E-state index is 13.5. The predicted molar refractivity (Wildman–Crippen MR) is 397 cm³/mol. The number of allylic oxidation sites excluding steroid dienone is 1. The highest BCUT2D eigenvalue weighted by Gasteiger charge is 2.54. The second-order valence-electron chi connectivity index (χ2n) is 30.3. The number of unbranched alkanes of at least 4 members (excludes halogenated alkanes) is 52. The number of hydrogen-bond acceptors (Lipinski definition) is 18. The van der Waals surface area contributed by atoms with Crippen molar-refractivity contribution >= 4 is 5.91 Å². The van der Waals surface area contributed by atoms with E-state index in [9.17, 15) is 61.0 Å². The van der Waals surface area contributed by atoms with Crippen molar-refractivity contribution < 1.29 is 89.4 Å². The number of rotatable bonds is 68. The summed E-state index contributed by atoms with van der Waals surface area (Å²) >= 11 is 0. The third-order valence-corrected chi connectivity index (χ3v) is 21.3. The van der Waals surface area contributed by atoms with Gasteiger partial charge in [0.05, 0.1) is 38.6 Å². The van der Waals surface area contributed by atoms with Crippen LogP contribution in [0.3, 0.4) is 0 Å². The van der Waals surface area contributed by atoms with Crippen LogP contribution in [0.5, 0.6) is 0 Å². The zero-order valence-electron chi connectivity index (χ0n) is 63.5. The molecule has 19 heteroatoms. The third-order valence-electron chi connectivity index (χ3n) is 21.3. The quantitative estimate of drug-likeness (QED) is 0.0199. The average molecular weight is 1430 g/mol. The number of aliphatic hydroxyl groups is 11. The van der Waals surface area contributed by atoms with Crippen molar-refractivity contribution in [3.05, 3.63) is 12.2 Å². The molecular weight excluding hydrogens is 1270 g/mol. The minimum atomic E-state index is -1.98. The summed E-state index contributed by atoms with van der Waals surface area (Å²) in [6, 6.07) is -0.970. The molecule has 12 N–H and O–H groups in total. The first-order chi connectivity index (χ1) is 48.8. The molecule has 3 fully saturated rings. The first-order valence-electron chi connectivity index (χ1n) is 41.9. The molecule has 0 aromatic heterocycles. The van der Waals surface area contributed by atoms with Crippen LogP contribution >= 0.6 is 0 Å². The van der Waals surface area contributed by atoms with Crippen LogP contribution in [0.15, 0.2) is 12.2 Å². The second kappa shape index (κ2) is 62.6. The van der Waals surface area contributed by atoms with E-state index in [1.807, 2.05) is 6.08 Å². The Hall–Kier alpha value is -1.47. The minimum absolute atomic E-state index is 0.250. The van der Waals surface area contributed by atoms with E-state index in [1.165, 1.54) is 295 Å². The molecule has 0 radical (unpaired) electrons. The molecule has 0 saturated carbocycles. The maximum atomic E-state index is 13.5. The molecule has 592 valence electrons. The average Bonchev–Trinajstić information content (AvgIpc) is 0.783. The molecule has 3 aliphatic rings. The van der Waals surface area contributed by atoms with E-state index in [2.05, 4.69) is 19.2 Å². The molecule has 3 saturated heterocycles. The van der Waals surface area contributed by atoms with Crippen LogP contribution in [0.4, 0.5) is 0 Å². The number of carbonyl (C=O) groups excluding carboxylic acids is 1. The van der Waals surface area contributed by atoms with Gasteiger partial charge in [0, 0.05) is 6.42 Å². The maximum Gasteiger partial charge on any atom is 0.220 e. The van der Waals surface area contributed by atoms with Gasteiger partial charge < -0.3 is 89.9 Å². The van der Waals surface area contributed by atoms with E-state index in [0.717, 1.165) is 44.9 Å². The SMILES string of the molecule is CCCCCCCCCCCCCCCCCCCCCCCCCCCCCCCC/C=C/C(O)C(COC1OC(CO)C(OC2OC(CO)C(OC3OC(CO)C(O)C(O)C3O)C(O)C2O)C(O)C1O)NC(=O)CCCCCCCCCCCCCCCCCCCCCCCCC. The minimum Gasteiger partial charge on any atom is -0.394 e. The Balaban J connectivity index is 1.36. The molecule has 17 atom stereocenters. The van der Waals surface area contributed by atoms with Crippen molar-refractivity contribution in [1.82, 2.24) is 5.32 Å². The molecule has 0 aliphatic carbocycles. The van der Waals surface area contributed by atoms with Crippen LogP contribution in [-0.2, 0) is 33.2 Å². The second-order valence-corrected chi connectivity index (χ2v) is 30.3. The number of aliphatic hydroxyl groups excluding tert-OH is 11. The smallest absolute Gasteiger partial charge is 0.220 e. The molecule has 0 aromatic carbocycles. The van der Waals surface area contributed by atoms with Crippen molar-refractivity contribution in [2.24, 2.45) is 0 Å². The molecule has 3 rings (SSSR count). The molecule has 3 heterocycles. The summed E-state index contributed by atoms with van der Waals surface area (Å²) in [6.07, 6.45) is 47.8. The van der Waals surface area contributed by atoms with Gasteiger partial charge >= 0.3 is 0 Å². The van der Waals surface area contributed by atoms with Gasteiger partial charge in [-0.15, -0.1) is 0 Å². The van der Waals surface area contributed by atoms with Crippen LogP contribution in [-0.4, -0.2) is 193 Å². The molecule has 100 heavy (non-hydrogen) atoms. The van der Waals surface area contributed by atoms with E-state index >= 15 is 0 Å². The van der Waals surface area contributed by atoms with Gasteiger partial charge in [0.2, 0.25) is 5.91 Å². The van der Waals surface area contributed by atoms with Crippen molar-refractivity contribution in [1.29, 1.82) is 0 Å². The van der Waals surface area contributed by atoms with Crippen LogP contribution in [0.25, 0.3) is 0 Å². The molecular formula is C81H155NO18. The van der Waals surface area contributed by atoms with Crippen molar-refractivity contribution in [2.45, 2.75) is 471 Å². The summed E-state index contributed by atoms with van der Waals surface area (Å²) in [5, 5.41) is 121. The highest BCUT2D eigenvalue weighted by molar-refractivity contribution is 5.76. The predicted octanol–water partition coefficient (Wildman–Crippen LogP) is 14.3. The van der Waals surface area contributed by atoms with Gasteiger partial charge in [0.15, 0.2) is 18.9 Å². The number of ether oxygens (including phenoxy) is 6. The molecule has 17 unspecified atom stereocenters. The van der Waals surface area contributed by atoms with Crippen molar-refractivity contribution in [3.8, 4) is 0 Å². The number of amides is 1. The Kier molecular flexibility index (Phi) is 58.0. The lowest BCUT2D eigenvalue weighted by Gasteiger charge is -2.48. The number of hydrogen-bond donors (Lipinski definition) is 12. The standard InChI is InChI=1S/C81H155NO18/c1-3-5-7-9-11-13-15-17-19-21-23-25-27-28-29-30-31-32-33-34-35-37-38-40-42-44-46-48-50-52-54-56-58-65(86)64(82-69(87)59-57-55-53-51-49-47-45-43-41-39-36-26-24-22-20-18-16-14-12-10-8-6-4-2)63-95-79-75(93)72(90)77(67(61-84)97-79)100-81-76(94)73(91)78(68(62-85)98-81)99-80-74(92)71(89)70(88)66(60-83)96-80/h56,58,64-68,70-81,83-86,88-94H,3-55,57,59-63H2,1-2H3,(H,82,87)/b58-56+. The fraction of sp³-hybridized carbons (Fsp3) is 0.963. The Labute approximate surface area is 607 Å². The van der Waals surface area contributed by atoms with Gasteiger partial charge in [-0.3, -0.25) is 4.79 Å². The lowest BCUT2D eigenvalue weighted by atomic mass is 9.96. The monoisotopic (exact) mass is 1430 g/mol. The Bertz CT molecular complexity index is 1850. The van der Waals surface area contributed by atoms with Gasteiger partial charge in [-0.05, 0) is 19.3 Å². The van der Waals surface area contributed by atoms with Crippen LogP contribution in [0.2, 0.25) is 0 Å². The summed E-state index contributed by atoms with van der Waals surface area (Å²) in [4.78, 5) is 13.5. The molecule has 0 spiro atoms. The largest absolute Gasteiger partial charge is 0.394 e. The van der Waals surface area contributed by atoms with E-state index < -0.39 is 124 Å². The van der Waals surface area contributed by atoms with E-state index in [0.29, 0.717) is 6.42 Å². The number of carbonyl (C=O) groups is 1. The van der Waals surface area contributed by atoms with E-state index in [4.69, 9.17) is 28.4 Å². The lowest BCUT2D eigenvalue weighted by Crippen LogP contribution is -2.66. The lowest BCUT2D eigenvalue weighted by molar-refractivity contribution is -0.379. The molecule has 0 aromatic rings. The van der Waals surface area contributed by atoms with E-state index in [-0.39, 0.29) is 18.9 Å². The van der Waals surface area contributed by atoms with Crippen LogP contribution in [0.1, 0.15) is 367 Å². The Morgan fingerprint density at radius 2 is 0.620 bits per heavy atom. The third kappa shape index (κ3) is 42.2. The molecule has 1 amide bonds. The zero-order chi connectivity index (χ0) is 72.5. The number of nitrogens with one attached hydrogen (secondary N) is 1. The highest BCUT2D eigenvalue weighted by Crippen LogP contribution is 2.33. The van der Waals surface area contributed by atoms with Gasteiger partial charge in [0.1, 0.15) is 73.2 Å². The van der Waals surface area contributed by atoms with Crippen molar-refractivity contribution in [2.75, 3.05) is 26.4 Å². The van der Waals surface area contributed by atoms with Gasteiger partial charge in [0.25, 0.3) is 0 Å². The summed E-state index contributed by atoms with van der Waals surface area (Å²) in [5.74, 6) is -0.266. The topological polar surface area (TPSA) is 307 Å². The van der Waals surface area contributed by atoms with Crippen molar-refractivity contribution in [3.63, 3.8) is 0 Å². The first kappa shape index (κ1) is 92.7. The van der Waals surface area contributed by atoms with E-state index in [1.54, 1.807) is 6.08 Å². The fourth-order valence-electron chi connectivity index (χ4n) is 14.6. The van der Waals surface area contributed by atoms with Gasteiger partial charge in [-0.2, -0.15) is 0 Å². The summed E-state index contributed by atoms with van der Waals surface area (Å²) in [6.45, 7) is 1.81. The highest BCUT2D eigenvalue weighted by atomic mass is 16.8. The van der Waals surface area contributed by atoms with Crippen LogP contribution < -0.4 is 5.32 Å². The van der Waals surface area contributed by atoms with Gasteiger partial charge in [-0.25, -0.2) is 0 Å². The Morgan fingerprint density at radius 1 is 0.350 bits per heavy atom.